The number of benzene rings is 1. The molecule has 5 heteroatoms. The van der Waals surface area contributed by atoms with Crippen LogP contribution >= 0.6 is 15.9 Å². The lowest BCUT2D eigenvalue weighted by Gasteiger charge is -2.20. The molecule has 0 saturated heterocycles. The number of hydrogen-bond acceptors (Lipinski definition) is 3. The zero-order valence-corrected chi connectivity index (χ0v) is 19.9. The zero-order valence-electron chi connectivity index (χ0n) is 18.3. The molecule has 0 radical (unpaired) electrons. The first-order chi connectivity index (χ1) is 12.9. The lowest BCUT2D eigenvalue weighted by molar-refractivity contribution is 0.383. The summed E-state index contributed by atoms with van der Waals surface area (Å²) < 4.78 is 24.7. The predicted octanol–water partition coefficient (Wildman–Crippen LogP) is 6.92. The summed E-state index contributed by atoms with van der Waals surface area (Å²) in [6.07, 6.45) is 0.718. The number of nitrogens with zero attached hydrogens (tertiary/aromatic N) is 1. The van der Waals surface area contributed by atoms with Gasteiger partial charge in [0.1, 0.15) is 11.6 Å². The number of halogens is 2. The number of ether oxygens (including phenoxy) is 2. The van der Waals surface area contributed by atoms with E-state index >= 15 is 0 Å². The Labute approximate surface area is 177 Å². The molecule has 0 N–H and O–H groups in total. The molecule has 1 aromatic heterocycles. The first-order valence-corrected chi connectivity index (χ1v) is 10.5. The van der Waals surface area contributed by atoms with Crippen molar-refractivity contribution in [3.05, 3.63) is 41.8 Å². The Kier molecular flexibility index (Phi) is 8.93. The molecule has 1 aromatic carbocycles. The van der Waals surface area contributed by atoms with Crippen LogP contribution in [0, 0.1) is 16.6 Å². The number of hydrogen-bond donors (Lipinski definition) is 0. The Balaban J connectivity index is 0.000000568. The highest BCUT2D eigenvalue weighted by atomic mass is 79.9. The average molecular weight is 454 g/mol. The minimum Gasteiger partial charge on any atom is -0.497 e. The van der Waals surface area contributed by atoms with E-state index in [2.05, 4.69) is 62.5 Å². The van der Waals surface area contributed by atoms with Crippen molar-refractivity contribution in [2.75, 3.05) is 19.5 Å². The summed E-state index contributed by atoms with van der Waals surface area (Å²) >= 11 is 3.37. The minimum absolute atomic E-state index is 0.0312. The first-order valence-electron chi connectivity index (χ1n) is 9.34. The molecule has 2 aromatic rings. The Morgan fingerprint density at radius 1 is 0.893 bits per heavy atom. The van der Waals surface area contributed by atoms with Gasteiger partial charge in [-0.1, -0.05) is 57.5 Å². The van der Waals surface area contributed by atoms with Crippen molar-refractivity contribution in [3.63, 3.8) is 0 Å². The maximum absolute atomic E-state index is 14.3. The van der Waals surface area contributed by atoms with Crippen LogP contribution in [-0.2, 0) is 6.42 Å². The second-order valence-corrected chi connectivity index (χ2v) is 9.69. The van der Waals surface area contributed by atoms with Crippen molar-refractivity contribution in [2.24, 2.45) is 10.8 Å². The smallest absolute Gasteiger partial charge is 0.213 e. The predicted molar refractivity (Wildman–Crippen MR) is 119 cm³/mol. The van der Waals surface area contributed by atoms with E-state index in [-0.39, 0.29) is 11.2 Å². The highest BCUT2D eigenvalue weighted by molar-refractivity contribution is 9.09. The van der Waals surface area contributed by atoms with Crippen molar-refractivity contribution < 1.29 is 13.9 Å². The van der Waals surface area contributed by atoms with Gasteiger partial charge in [-0.05, 0) is 41.5 Å². The Morgan fingerprint density at radius 2 is 1.50 bits per heavy atom. The van der Waals surface area contributed by atoms with Gasteiger partial charge in [-0.3, -0.25) is 0 Å². The van der Waals surface area contributed by atoms with Crippen LogP contribution in [-0.4, -0.2) is 24.5 Å². The van der Waals surface area contributed by atoms with Crippen molar-refractivity contribution in [1.29, 1.82) is 0 Å². The molecular weight excluding hydrogens is 421 g/mol. The van der Waals surface area contributed by atoms with Gasteiger partial charge >= 0.3 is 0 Å². The number of rotatable bonds is 4. The second-order valence-electron chi connectivity index (χ2n) is 9.13. The number of aromatic nitrogens is 1. The SMILES string of the molecule is CC(C)(C)CBr.COc1ccc(F)c(-c2ccc(OC)nc2CC(C)(C)C)c1. The average Bonchev–Trinajstić information content (AvgIpc) is 2.61. The van der Waals surface area contributed by atoms with Crippen LogP contribution in [0.4, 0.5) is 4.39 Å². The van der Waals surface area contributed by atoms with Crippen molar-refractivity contribution in [2.45, 2.75) is 48.0 Å². The maximum atomic E-state index is 14.3. The van der Waals surface area contributed by atoms with Crippen LogP contribution in [0.15, 0.2) is 30.3 Å². The Morgan fingerprint density at radius 3 is 1.96 bits per heavy atom. The monoisotopic (exact) mass is 453 g/mol. The van der Waals surface area contributed by atoms with Crippen LogP contribution in [0.1, 0.15) is 47.2 Å². The lowest BCUT2D eigenvalue weighted by atomic mass is 9.87. The molecular formula is C23H33BrFNO2. The molecule has 0 aliphatic carbocycles. The molecule has 0 saturated carbocycles. The van der Waals surface area contributed by atoms with Crippen LogP contribution < -0.4 is 9.47 Å². The number of methoxy groups -OCH3 is 2. The van der Waals surface area contributed by atoms with E-state index < -0.39 is 0 Å². The summed E-state index contributed by atoms with van der Waals surface area (Å²) in [6, 6.07) is 8.33. The van der Waals surface area contributed by atoms with E-state index in [1.165, 1.54) is 6.07 Å². The van der Waals surface area contributed by atoms with Gasteiger partial charge in [0.05, 0.1) is 19.9 Å². The molecule has 1 heterocycles. The Bertz CT molecular complexity index is 764. The molecule has 0 fully saturated rings. The molecule has 0 unspecified atom stereocenters. The van der Waals surface area contributed by atoms with Gasteiger partial charge in [0.25, 0.3) is 0 Å². The summed E-state index contributed by atoms with van der Waals surface area (Å²) in [5.74, 6) is 0.864. The summed E-state index contributed by atoms with van der Waals surface area (Å²) in [7, 11) is 3.15. The van der Waals surface area contributed by atoms with Gasteiger partial charge in [-0.15, -0.1) is 0 Å². The van der Waals surface area contributed by atoms with Crippen molar-refractivity contribution in [3.8, 4) is 22.8 Å². The number of alkyl halides is 1. The molecule has 0 amide bonds. The van der Waals surface area contributed by atoms with E-state index in [1.54, 1.807) is 32.4 Å². The topological polar surface area (TPSA) is 31.4 Å². The standard InChI is InChI=1S/C18H22FNO2.C5H11Br/c1-18(2,3)11-16-13(7-9-17(20-16)22-5)14-10-12(21-4)6-8-15(14)19;1-5(2,3)4-6/h6-10H,11H2,1-5H3;4H2,1-3H3. The van der Waals surface area contributed by atoms with E-state index in [9.17, 15) is 4.39 Å². The molecule has 2 rings (SSSR count). The molecule has 156 valence electrons. The summed E-state index contributed by atoms with van der Waals surface area (Å²) in [5, 5.41) is 1.08. The molecule has 0 bridgehead atoms. The fraction of sp³-hybridized carbons (Fsp3) is 0.522. The van der Waals surface area contributed by atoms with E-state index in [1.807, 2.05) is 6.07 Å². The summed E-state index contributed by atoms with van der Waals surface area (Å²) in [5.41, 5.74) is 2.57. The third-order valence-electron chi connectivity index (χ3n) is 3.72. The molecule has 0 spiro atoms. The maximum Gasteiger partial charge on any atom is 0.213 e. The molecule has 0 atom stereocenters. The van der Waals surface area contributed by atoms with Crippen LogP contribution in [0.5, 0.6) is 11.6 Å². The third kappa shape index (κ3) is 8.17. The van der Waals surface area contributed by atoms with E-state index in [4.69, 9.17) is 9.47 Å². The van der Waals surface area contributed by atoms with Gasteiger partial charge < -0.3 is 9.47 Å². The fourth-order valence-corrected chi connectivity index (χ4v) is 2.32. The van der Waals surface area contributed by atoms with Gasteiger partial charge in [0, 0.05) is 22.5 Å². The van der Waals surface area contributed by atoms with Gasteiger partial charge in [0.2, 0.25) is 5.88 Å². The summed E-state index contributed by atoms with van der Waals surface area (Å²) in [6.45, 7) is 13.0. The quantitative estimate of drug-likeness (QED) is 0.470. The zero-order chi connectivity index (χ0) is 21.5. The van der Waals surface area contributed by atoms with Crippen LogP contribution in [0.3, 0.4) is 0 Å². The van der Waals surface area contributed by atoms with Gasteiger partial charge in [0.15, 0.2) is 0 Å². The van der Waals surface area contributed by atoms with Gasteiger partial charge in [-0.25, -0.2) is 9.37 Å². The lowest BCUT2D eigenvalue weighted by Crippen LogP contribution is -2.12. The minimum atomic E-state index is -0.289. The summed E-state index contributed by atoms with van der Waals surface area (Å²) in [4.78, 5) is 4.52. The third-order valence-corrected chi connectivity index (χ3v) is 5.40. The molecule has 3 nitrogen and oxygen atoms in total. The highest BCUT2D eigenvalue weighted by Gasteiger charge is 2.19. The molecule has 0 aliphatic heterocycles. The number of pyridine rings is 1. The van der Waals surface area contributed by atoms with Crippen LogP contribution in [0.2, 0.25) is 0 Å². The van der Waals surface area contributed by atoms with E-state index in [0.29, 0.717) is 22.6 Å². The van der Waals surface area contributed by atoms with Gasteiger partial charge in [-0.2, -0.15) is 0 Å². The van der Waals surface area contributed by atoms with Crippen molar-refractivity contribution in [1.82, 2.24) is 4.98 Å². The first kappa shape index (κ1) is 24.4. The Hall–Kier alpha value is -1.62. The fourth-order valence-electron chi connectivity index (χ4n) is 2.32. The highest BCUT2D eigenvalue weighted by Crippen LogP contribution is 2.33. The van der Waals surface area contributed by atoms with Crippen molar-refractivity contribution >= 4 is 15.9 Å². The molecule has 0 aliphatic rings. The largest absolute Gasteiger partial charge is 0.497 e. The second kappa shape index (κ2) is 10.2. The normalized spacial score (nSPS) is 11.5. The molecule has 28 heavy (non-hydrogen) atoms. The van der Waals surface area contributed by atoms with Crippen LogP contribution in [0.25, 0.3) is 11.1 Å². The van der Waals surface area contributed by atoms with E-state index in [0.717, 1.165) is 23.0 Å².